The second-order valence-electron chi connectivity index (χ2n) is 7.40. The highest BCUT2D eigenvalue weighted by Crippen LogP contribution is 2.23. The van der Waals surface area contributed by atoms with Crippen LogP contribution in [-0.2, 0) is 4.79 Å². The van der Waals surface area contributed by atoms with Crippen LogP contribution < -0.4 is 5.32 Å². The molecule has 0 radical (unpaired) electrons. The average Bonchev–Trinajstić information content (AvgIpc) is 3.21. The number of nitrogens with zero attached hydrogens (tertiary/aromatic N) is 3. The Bertz CT molecular complexity index is 1090. The molecule has 1 aliphatic rings. The number of hydrogen-bond acceptors (Lipinski definition) is 3. The van der Waals surface area contributed by atoms with E-state index in [1.807, 2.05) is 41.0 Å². The number of carbonyl (C=O) groups excluding carboxylic acids is 1. The van der Waals surface area contributed by atoms with Crippen LogP contribution in [0.5, 0.6) is 0 Å². The molecule has 5 nitrogen and oxygen atoms in total. The number of halogens is 2. The number of aryl methyl sites for hydroxylation is 1. The standard InChI is InChI=1S/C23H22F2N4O/c1-16-2-5-20(6-3-16)29-14-18(13-26-29)17-8-10-28(11-9-17)15-23(30)27-22-7-4-19(24)12-21(22)25/h2-8,12-14H,9-11,15H2,1H3,(H,27,30). The number of benzene rings is 2. The van der Waals surface area contributed by atoms with Crippen molar-refractivity contribution in [3.63, 3.8) is 0 Å². The molecular weight excluding hydrogens is 386 g/mol. The molecule has 2 aromatic carbocycles. The summed E-state index contributed by atoms with van der Waals surface area (Å²) >= 11 is 0. The molecule has 0 atom stereocenters. The molecule has 2 heterocycles. The van der Waals surface area contributed by atoms with E-state index in [9.17, 15) is 13.6 Å². The summed E-state index contributed by atoms with van der Waals surface area (Å²) in [5, 5.41) is 6.95. The SMILES string of the molecule is Cc1ccc(-n2cc(C3=CCN(CC(=O)Nc4ccc(F)cc4F)CC3)cn2)cc1. The predicted molar refractivity (Wildman–Crippen MR) is 112 cm³/mol. The van der Waals surface area contributed by atoms with Crippen LogP contribution >= 0.6 is 0 Å². The Hall–Kier alpha value is -3.32. The van der Waals surface area contributed by atoms with Gasteiger partial charge in [-0.2, -0.15) is 5.10 Å². The average molecular weight is 408 g/mol. The van der Waals surface area contributed by atoms with Gasteiger partial charge < -0.3 is 5.32 Å². The first-order valence-corrected chi connectivity index (χ1v) is 9.76. The highest BCUT2D eigenvalue weighted by atomic mass is 19.1. The number of hydrogen-bond donors (Lipinski definition) is 1. The molecule has 154 valence electrons. The molecule has 0 bridgehead atoms. The highest BCUT2D eigenvalue weighted by molar-refractivity contribution is 5.92. The van der Waals surface area contributed by atoms with E-state index in [4.69, 9.17) is 0 Å². The lowest BCUT2D eigenvalue weighted by Crippen LogP contribution is -2.36. The first kappa shape index (κ1) is 20.0. The van der Waals surface area contributed by atoms with Gasteiger partial charge in [0.25, 0.3) is 0 Å². The molecule has 0 fully saturated rings. The largest absolute Gasteiger partial charge is 0.322 e. The van der Waals surface area contributed by atoms with Crippen molar-refractivity contribution < 1.29 is 13.6 Å². The third kappa shape index (κ3) is 4.63. The molecule has 1 aromatic heterocycles. The zero-order valence-electron chi connectivity index (χ0n) is 16.6. The number of nitrogens with one attached hydrogen (secondary N) is 1. The molecule has 4 rings (SSSR count). The van der Waals surface area contributed by atoms with Crippen LogP contribution in [0.25, 0.3) is 11.3 Å². The van der Waals surface area contributed by atoms with Gasteiger partial charge >= 0.3 is 0 Å². The van der Waals surface area contributed by atoms with Gasteiger partial charge in [0, 0.05) is 30.9 Å². The van der Waals surface area contributed by atoms with Crippen molar-refractivity contribution in [1.29, 1.82) is 0 Å². The third-order valence-electron chi connectivity index (χ3n) is 5.12. The fourth-order valence-corrected chi connectivity index (χ4v) is 3.43. The summed E-state index contributed by atoms with van der Waals surface area (Å²) in [6, 6.07) is 11.3. The second-order valence-corrected chi connectivity index (χ2v) is 7.40. The molecule has 0 saturated heterocycles. The molecule has 0 spiro atoms. The predicted octanol–water partition coefficient (Wildman–Crippen LogP) is 4.19. The molecule has 0 saturated carbocycles. The lowest BCUT2D eigenvalue weighted by atomic mass is 10.0. The van der Waals surface area contributed by atoms with Gasteiger partial charge in [-0.05, 0) is 43.2 Å². The van der Waals surface area contributed by atoms with Gasteiger partial charge in [-0.25, -0.2) is 13.5 Å². The minimum atomic E-state index is -0.783. The van der Waals surface area contributed by atoms with Crippen molar-refractivity contribution in [3.05, 3.63) is 83.7 Å². The summed E-state index contributed by atoms with van der Waals surface area (Å²) in [6.45, 7) is 3.52. The molecule has 3 aromatic rings. The number of aromatic nitrogens is 2. The molecule has 7 heteroatoms. The van der Waals surface area contributed by atoms with Gasteiger partial charge in [0.2, 0.25) is 5.91 Å². The van der Waals surface area contributed by atoms with E-state index in [-0.39, 0.29) is 18.1 Å². The topological polar surface area (TPSA) is 50.2 Å². The van der Waals surface area contributed by atoms with Crippen molar-refractivity contribution >= 4 is 17.2 Å². The van der Waals surface area contributed by atoms with Crippen LogP contribution in [0, 0.1) is 18.6 Å². The first-order chi connectivity index (χ1) is 14.5. The zero-order chi connectivity index (χ0) is 21.1. The number of carbonyl (C=O) groups is 1. The van der Waals surface area contributed by atoms with Gasteiger partial charge in [-0.3, -0.25) is 9.69 Å². The van der Waals surface area contributed by atoms with Crippen LogP contribution in [0.4, 0.5) is 14.5 Å². The minimum absolute atomic E-state index is 0.0156. The maximum atomic E-state index is 13.7. The zero-order valence-corrected chi connectivity index (χ0v) is 16.6. The molecule has 30 heavy (non-hydrogen) atoms. The Kier molecular flexibility index (Phi) is 5.72. The van der Waals surface area contributed by atoms with E-state index in [0.717, 1.165) is 29.8 Å². The summed E-state index contributed by atoms with van der Waals surface area (Å²) in [5.41, 5.74) is 4.45. The number of rotatable bonds is 5. The maximum Gasteiger partial charge on any atom is 0.238 e. The minimum Gasteiger partial charge on any atom is -0.322 e. The van der Waals surface area contributed by atoms with E-state index in [1.165, 1.54) is 17.2 Å². The summed E-state index contributed by atoms with van der Waals surface area (Å²) < 4.78 is 28.5. The Balaban J connectivity index is 1.35. The van der Waals surface area contributed by atoms with Gasteiger partial charge in [-0.15, -0.1) is 0 Å². The lowest BCUT2D eigenvalue weighted by Gasteiger charge is -2.25. The highest BCUT2D eigenvalue weighted by Gasteiger charge is 2.17. The normalized spacial score (nSPS) is 14.4. The van der Waals surface area contributed by atoms with E-state index in [2.05, 4.69) is 28.6 Å². The van der Waals surface area contributed by atoms with E-state index in [0.29, 0.717) is 13.1 Å². The molecule has 0 aliphatic carbocycles. The Morgan fingerprint density at radius 3 is 2.67 bits per heavy atom. The van der Waals surface area contributed by atoms with Crippen molar-refractivity contribution in [3.8, 4) is 5.69 Å². The van der Waals surface area contributed by atoms with E-state index in [1.54, 1.807) is 0 Å². The molecule has 1 aliphatic heterocycles. The van der Waals surface area contributed by atoms with Crippen LogP contribution in [0.15, 0.2) is 60.9 Å². The van der Waals surface area contributed by atoms with Gasteiger partial charge in [0.05, 0.1) is 24.1 Å². The summed E-state index contributed by atoms with van der Waals surface area (Å²) in [5.74, 6) is -1.79. The van der Waals surface area contributed by atoms with E-state index >= 15 is 0 Å². The Morgan fingerprint density at radius 2 is 1.97 bits per heavy atom. The van der Waals surface area contributed by atoms with Crippen molar-refractivity contribution in [2.45, 2.75) is 13.3 Å². The van der Waals surface area contributed by atoms with Crippen LogP contribution in [0.1, 0.15) is 17.5 Å². The lowest BCUT2D eigenvalue weighted by molar-refractivity contribution is -0.117. The maximum absolute atomic E-state index is 13.7. The van der Waals surface area contributed by atoms with Crippen LogP contribution in [0.3, 0.4) is 0 Å². The molecule has 1 N–H and O–H groups in total. The van der Waals surface area contributed by atoms with Gasteiger partial charge in [0.1, 0.15) is 11.6 Å². The Labute approximate surface area is 173 Å². The smallest absolute Gasteiger partial charge is 0.238 e. The first-order valence-electron chi connectivity index (χ1n) is 9.76. The fraction of sp³-hybridized carbons (Fsp3) is 0.217. The van der Waals surface area contributed by atoms with Crippen molar-refractivity contribution in [2.75, 3.05) is 25.0 Å². The monoisotopic (exact) mass is 408 g/mol. The second kappa shape index (κ2) is 8.59. The van der Waals surface area contributed by atoms with Crippen LogP contribution in [0.2, 0.25) is 0 Å². The summed E-state index contributed by atoms with van der Waals surface area (Å²) in [7, 11) is 0. The van der Waals surface area contributed by atoms with Crippen molar-refractivity contribution in [2.24, 2.45) is 0 Å². The number of amides is 1. The van der Waals surface area contributed by atoms with Crippen LogP contribution in [-0.4, -0.2) is 40.2 Å². The van der Waals surface area contributed by atoms with Gasteiger partial charge in [0.15, 0.2) is 0 Å². The molecule has 0 unspecified atom stereocenters. The fourth-order valence-electron chi connectivity index (χ4n) is 3.43. The molecule has 1 amide bonds. The summed E-state index contributed by atoms with van der Waals surface area (Å²) in [6.07, 6.45) is 6.74. The summed E-state index contributed by atoms with van der Waals surface area (Å²) in [4.78, 5) is 14.2. The quantitative estimate of drug-likeness (QED) is 0.689. The van der Waals surface area contributed by atoms with E-state index < -0.39 is 11.6 Å². The van der Waals surface area contributed by atoms with Gasteiger partial charge in [-0.1, -0.05) is 23.8 Å². The van der Waals surface area contributed by atoms with Crippen molar-refractivity contribution in [1.82, 2.24) is 14.7 Å². The Morgan fingerprint density at radius 1 is 1.17 bits per heavy atom. The number of anilines is 1. The molecular formula is C23H22F2N4O. The third-order valence-corrected chi connectivity index (χ3v) is 5.12.